The number of hydrogen-bond donors (Lipinski definition) is 0. The van der Waals surface area contributed by atoms with Gasteiger partial charge in [-0.25, -0.2) is 19.2 Å². The van der Waals surface area contributed by atoms with Crippen LogP contribution in [0.3, 0.4) is 0 Å². The Balaban J connectivity index is 1.91. The zero-order valence-corrected chi connectivity index (χ0v) is 13.7. The van der Waals surface area contributed by atoms with Gasteiger partial charge in [-0.2, -0.15) is 4.74 Å². The molecule has 0 fully saturated rings. The highest BCUT2D eigenvalue weighted by molar-refractivity contribution is 5.78. The molecule has 0 amide bonds. The molecule has 0 unspecified atom stereocenters. The van der Waals surface area contributed by atoms with Crippen LogP contribution in [0.1, 0.15) is 5.56 Å². The van der Waals surface area contributed by atoms with Crippen molar-refractivity contribution < 1.29 is 8.91 Å². The molecule has 4 aromatic rings. The number of aromatic nitrogens is 3. The van der Waals surface area contributed by atoms with Gasteiger partial charge >= 0.3 is 5.63 Å². The molecule has 0 spiro atoms. The maximum absolute atomic E-state index is 13.3. The SMILES string of the molecule is O=c1on(Cc2ccccc2)c(-c2ccncn2)c1-c1ccc(F)cc1. The first-order valence-corrected chi connectivity index (χ1v) is 8.03. The van der Waals surface area contributed by atoms with E-state index < -0.39 is 5.63 Å². The third kappa shape index (κ3) is 3.04. The molecule has 128 valence electrons. The summed E-state index contributed by atoms with van der Waals surface area (Å²) in [5, 5.41) is 0. The van der Waals surface area contributed by atoms with E-state index in [1.165, 1.54) is 23.2 Å². The third-order valence-corrected chi connectivity index (χ3v) is 4.01. The maximum atomic E-state index is 13.3. The summed E-state index contributed by atoms with van der Waals surface area (Å²) >= 11 is 0. The molecule has 2 aromatic carbocycles. The normalized spacial score (nSPS) is 10.8. The van der Waals surface area contributed by atoms with Crippen LogP contribution in [-0.2, 0) is 6.54 Å². The van der Waals surface area contributed by atoms with Gasteiger partial charge in [-0.05, 0) is 29.3 Å². The Bertz CT molecular complexity index is 1070. The Morgan fingerprint density at radius 3 is 2.46 bits per heavy atom. The van der Waals surface area contributed by atoms with Crippen molar-refractivity contribution in [1.82, 2.24) is 14.7 Å². The van der Waals surface area contributed by atoms with Crippen LogP contribution < -0.4 is 5.63 Å². The van der Waals surface area contributed by atoms with Crippen LogP contribution in [0.25, 0.3) is 22.5 Å². The molecule has 0 saturated heterocycles. The summed E-state index contributed by atoms with van der Waals surface area (Å²) in [7, 11) is 0. The fraction of sp³-hybridized carbons (Fsp3) is 0.0500. The summed E-state index contributed by atoms with van der Waals surface area (Å²) in [5.74, 6) is -0.370. The second-order valence-corrected chi connectivity index (χ2v) is 5.73. The number of rotatable bonds is 4. The average molecular weight is 347 g/mol. The zero-order chi connectivity index (χ0) is 17.9. The Kier molecular flexibility index (Phi) is 4.15. The number of benzene rings is 2. The Hall–Kier alpha value is -3.54. The third-order valence-electron chi connectivity index (χ3n) is 4.01. The summed E-state index contributed by atoms with van der Waals surface area (Å²) < 4.78 is 20.3. The highest BCUT2D eigenvalue weighted by Crippen LogP contribution is 2.29. The van der Waals surface area contributed by atoms with Crippen LogP contribution in [-0.4, -0.2) is 14.7 Å². The van der Waals surface area contributed by atoms with Crippen LogP contribution in [0.5, 0.6) is 0 Å². The molecule has 0 atom stereocenters. The summed E-state index contributed by atoms with van der Waals surface area (Å²) in [6, 6.07) is 17.1. The molecule has 0 N–H and O–H groups in total. The van der Waals surface area contributed by atoms with Crippen LogP contribution >= 0.6 is 0 Å². The second-order valence-electron chi connectivity index (χ2n) is 5.73. The van der Waals surface area contributed by atoms with Gasteiger partial charge in [-0.3, -0.25) is 0 Å². The molecule has 2 aromatic heterocycles. The predicted molar refractivity (Wildman–Crippen MR) is 94.9 cm³/mol. The molecule has 4 rings (SSSR count). The molecule has 6 heteroatoms. The minimum absolute atomic E-state index is 0.347. The van der Waals surface area contributed by atoms with Gasteiger partial charge in [0.1, 0.15) is 17.8 Å². The second kappa shape index (κ2) is 6.76. The lowest BCUT2D eigenvalue weighted by molar-refractivity contribution is 0.270. The van der Waals surface area contributed by atoms with Gasteiger partial charge in [-0.15, -0.1) is 0 Å². The Labute approximate surface area is 148 Å². The van der Waals surface area contributed by atoms with Crippen molar-refractivity contribution in [3.8, 4) is 22.5 Å². The van der Waals surface area contributed by atoms with Gasteiger partial charge in [0.25, 0.3) is 0 Å². The lowest BCUT2D eigenvalue weighted by Gasteiger charge is -2.08. The number of halogens is 1. The van der Waals surface area contributed by atoms with E-state index in [0.29, 0.717) is 29.1 Å². The topological polar surface area (TPSA) is 60.9 Å². The lowest BCUT2D eigenvalue weighted by atomic mass is 10.0. The van der Waals surface area contributed by atoms with E-state index in [9.17, 15) is 9.18 Å². The smallest absolute Gasteiger partial charge is 0.335 e. The molecular weight excluding hydrogens is 333 g/mol. The minimum Gasteiger partial charge on any atom is -0.335 e. The van der Waals surface area contributed by atoms with E-state index in [2.05, 4.69) is 9.97 Å². The lowest BCUT2D eigenvalue weighted by Crippen LogP contribution is -2.02. The molecule has 0 aliphatic carbocycles. The van der Waals surface area contributed by atoms with E-state index >= 15 is 0 Å². The van der Waals surface area contributed by atoms with Crippen molar-refractivity contribution in [3.63, 3.8) is 0 Å². The van der Waals surface area contributed by atoms with E-state index in [4.69, 9.17) is 4.52 Å². The number of hydrogen-bond acceptors (Lipinski definition) is 4. The summed E-state index contributed by atoms with van der Waals surface area (Å²) in [4.78, 5) is 20.8. The zero-order valence-electron chi connectivity index (χ0n) is 13.7. The fourth-order valence-corrected chi connectivity index (χ4v) is 2.83. The predicted octanol–water partition coefficient (Wildman–Crippen LogP) is 3.75. The maximum Gasteiger partial charge on any atom is 0.366 e. The first-order valence-electron chi connectivity index (χ1n) is 8.03. The van der Waals surface area contributed by atoms with E-state index in [-0.39, 0.29) is 5.82 Å². The molecule has 0 radical (unpaired) electrons. The highest BCUT2D eigenvalue weighted by atomic mass is 19.1. The monoisotopic (exact) mass is 347 g/mol. The van der Waals surface area contributed by atoms with Gasteiger partial charge in [-0.1, -0.05) is 42.5 Å². The van der Waals surface area contributed by atoms with Crippen LogP contribution in [0, 0.1) is 5.82 Å². The van der Waals surface area contributed by atoms with E-state index in [0.717, 1.165) is 5.56 Å². The quantitative estimate of drug-likeness (QED) is 0.564. The van der Waals surface area contributed by atoms with Crippen LogP contribution in [0.15, 0.2) is 82.5 Å². The first-order chi connectivity index (χ1) is 12.7. The molecule has 26 heavy (non-hydrogen) atoms. The van der Waals surface area contributed by atoms with Crippen molar-refractivity contribution in [2.45, 2.75) is 6.54 Å². The highest BCUT2D eigenvalue weighted by Gasteiger charge is 2.21. The average Bonchev–Trinajstić information content (AvgIpc) is 3.00. The Morgan fingerprint density at radius 2 is 1.77 bits per heavy atom. The van der Waals surface area contributed by atoms with Gasteiger partial charge < -0.3 is 4.52 Å². The molecule has 0 bridgehead atoms. The fourth-order valence-electron chi connectivity index (χ4n) is 2.83. The van der Waals surface area contributed by atoms with Crippen molar-refractivity contribution >= 4 is 0 Å². The van der Waals surface area contributed by atoms with Crippen LogP contribution in [0.2, 0.25) is 0 Å². The molecule has 0 aliphatic rings. The van der Waals surface area contributed by atoms with Gasteiger partial charge in [0.2, 0.25) is 0 Å². The van der Waals surface area contributed by atoms with Crippen molar-refractivity contribution in [1.29, 1.82) is 0 Å². The van der Waals surface area contributed by atoms with Crippen LogP contribution in [0.4, 0.5) is 4.39 Å². The van der Waals surface area contributed by atoms with Gasteiger partial charge in [0, 0.05) is 6.20 Å². The van der Waals surface area contributed by atoms with E-state index in [1.807, 2.05) is 30.3 Å². The largest absolute Gasteiger partial charge is 0.366 e. The molecule has 0 aliphatic heterocycles. The molecule has 2 heterocycles. The van der Waals surface area contributed by atoms with Crippen molar-refractivity contribution in [2.75, 3.05) is 0 Å². The molecular formula is C20H14FN3O2. The summed E-state index contributed by atoms with van der Waals surface area (Å²) in [6.07, 6.45) is 3.01. The summed E-state index contributed by atoms with van der Waals surface area (Å²) in [6.45, 7) is 0.372. The van der Waals surface area contributed by atoms with Gasteiger partial charge in [0.15, 0.2) is 0 Å². The standard InChI is InChI=1S/C20H14FN3O2/c21-16-8-6-15(7-9-16)18-19(17-10-11-22-13-23-17)24(26-20(18)25)12-14-4-2-1-3-5-14/h1-11,13H,12H2. The Morgan fingerprint density at radius 1 is 1.00 bits per heavy atom. The van der Waals surface area contributed by atoms with E-state index in [1.54, 1.807) is 24.4 Å². The van der Waals surface area contributed by atoms with Crippen molar-refractivity contribution in [3.05, 3.63) is 95.0 Å². The molecule has 5 nitrogen and oxygen atoms in total. The summed E-state index contributed by atoms with van der Waals surface area (Å²) in [5.41, 5.74) is 2.49. The first kappa shape index (κ1) is 16.0. The minimum atomic E-state index is -0.499. The molecule has 0 saturated carbocycles. The van der Waals surface area contributed by atoms with Crippen molar-refractivity contribution in [2.24, 2.45) is 0 Å². The number of nitrogens with zero attached hydrogens (tertiary/aromatic N) is 3. The van der Waals surface area contributed by atoms with Gasteiger partial charge in [0.05, 0.1) is 17.8 Å².